The van der Waals surface area contributed by atoms with Crippen molar-refractivity contribution in [3.63, 3.8) is 0 Å². The van der Waals surface area contributed by atoms with Crippen molar-refractivity contribution in [2.45, 2.75) is 51.2 Å². The zero-order valence-electron chi connectivity index (χ0n) is 13.9. The molecule has 1 amide bonds. The number of carbonyl (C=O) groups excluding carboxylic acids is 1. The van der Waals surface area contributed by atoms with Crippen molar-refractivity contribution < 1.29 is 9.90 Å². The van der Waals surface area contributed by atoms with Gasteiger partial charge in [0.25, 0.3) is 0 Å². The first-order valence-electron chi connectivity index (χ1n) is 9.00. The second-order valence-electron chi connectivity index (χ2n) is 7.45. The highest BCUT2D eigenvalue weighted by Gasteiger charge is 2.39. The molecule has 1 aliphatic carbocycles. The van der Waals surface area contributed by atoms with Crippen molar-refractivity contribution >= 4 is 11.6 Å². The Morgan fingerprint density at radius 1 is 1.30 bits per heavy atom. The molecule has 0 bridgehead atoms. The third kappa shape index (κ3) is 2.90. The summed E-state index contributed by atoms with van der Waals surface area (Å²) in [6.07, 6.45) is 5.05. The molecule has 2 unspecified atom stereocenters. The molecule has 1 saturated carbocycles. The minimum atomic E-state index is -0.429. The monoisotopic (exact) mass is 314 g/mol. The van der Waals surface area contributed by atoms with Crippen LogP contribution in [0.1, 0.15) is 49.8 Å². The van der Waals surface area contributed by atoms with Crippen molar-refractivity contribution in [3.05, 3.63) is 29.3 Å². The van der Waals surface area contributed by atoms with Crippen LogP contribution in [0.4, 0.5) is 5.69 Å². The summed E-state index contributed by atoms with van der Waals surface area (Å²) < 4.78 is 0. The van der Waals surface area contributed by atoms with Gasteiger partial charge in [0.05, 0.1) is 6.10 Å². The summed E-state index contributed by atoms with van der Waals surface area (Å²) in [5.74, 6) is 0.547. The lowest BCUT2D eigenvalue weighted by atomic mass is 10.0. The molecule has 2 aliphatic heterocycles. The number of carbonyl (C=O) groups is 1. The molecule has 3 aliphatic rings. The van der Waals surface area contributed by atoms with Gasteiger partial charge in [-0.1, -0.05) is 12.1 Å². The van der Waals surface area contributed by atoms with Crippen molar-refractivity contribution in [3.8, 4) is 0 Å². The normalized spacial score (nSPS) is 25.7. The minimum absolute atomic E-state index is 0.240. The first-order chi connectivity index (χ1) is 11.1. The molecule has 124 valence electrons. The van der Waals surface area contributed by atoms with Crippen molar-refractivity contribution in [2.24, 2.45) is 5.92 Å². The molecule has 1 aromatic carbocycles. The third-order valence-corrected chi connectivity index (χ3v) is 5.50. The van der Waals surface area contributed by atoms with Gasteiger partial charge in [0.2, 0.25) is 5.91 Å². The van der Waals surface area contributed by atoms with E-state index in [1.165, 1.54) is 18.4 Å². The second-order valence-corrected chi connectivity index (χ2v) is 7.45. The van der Waals surface area contributed by atoms with Crippen LogP contribution < -0.4 is 4.90 Å². The molecule has 0 aromatic heterocycles. The highest BCUT2D eigenvalue weighted by molar-refractivity contribution is 5.98. The van der Waals surface area contributed by atoms with Crippen LogP contribution in [0.25, 0.3) is 0 Å². The van der Waals surface area contributed by atoms with Gasteiger partial charge in [0, 0.05) is 24.2 Å². The zero-order chi connectivity index (χ0) is 16.0. The van der Waals surface area contributed by atoms with Gasteiger partial charge >= 0.3 is 0 Å². The summed E-state index contributed by atoms with van der Waals surface area (Å²) in [5, 5.41) is 10.5. The number of benzene rings is 1. The molecule has 2 atom stereocenters. The number of hydrogen-bond acceptors (Lipinski definition) is 3. The van der Waals surface area contributed by atoms with Gasteiger partial charge < -0.3 is 14.9 Å². The summed E-state index contributed by atoms with van der Waals surface area (Å²) in [7, 11) is 0. The molecule has 0 spiro atoms. The number of amides is 1. The average molecular weight is 314 g/mol. The summed E-state index contributed by atoms with van der Waals surface area (Å²) in [5.41, 5.74) is 3.26. The van der Waals surface area contributed by atoms with Gasteiger partial charge in [0.15, 0.2) is 0 Å². The van der Waals surface area contributed by atoms with Gasteiger partial charge in [-0.05, 0) is 69.3 Å². The number of hydrogen-bond donors (Lipinski definition) is 1. The summed E-state index contributed by atoms with van der Waals surface area (Å²) in [6.45, 7) is 5.05. The molecule has 2 fully saturated rings. The third-order valence-electron chi connectivity index (χ3n) is 5.50. The van der Waals surface area contributed by atoms with E-state index in [4.69, 9.17) is 0 Å². The van der Waals surface area contributed by atoms with E-state index in [1.54, 1.807) is 0 Å². The molecule has 0 radical (unpaired) electrons. The predicted octanol–water partition coefficient (Wildman–Crippen LogP) is 2.50. The first kappa shape index (κ1) is 15.2. The number of aliphatic hydroxyl groups is 1. The molecule has 2 heterocycles. The number of aliphatic hydroxyl groups excluding tert-OH is 1. The van der Waals surface area contributed by atoms with Crippen molar-refractivity contribution in [1.29, 1.82) is 0 Å². The number of rotatable bonds is 4. The molecular formula is C19H26N2O2. The van der Waals surface area contributed by atoms with E-state index in [-0.39, 0.29) is 12.0 Å². The molecule has 4 heteroatoms. The Morgan fingerprint density at radius 2 is 2.04 bits per heavy atom. The van der Waals surface area contributed by atoms with E-state index in [0.29, 0.717) is 5.91 Å². The van der Waals surface area contributed by atoms with E-state index in [9.17, 15) is 9.90 Å². The summed E-state index contributed by atoms with van der Waals surface area (Å²) in [4.78, 5) is 16.8. The van der Waals surface area contributed by atoms with E-state index in [0.717, 1.165) is 50.1 Å². The van der Waals surface area contributed by atoms with Crippen LogP contribution in [0, 0.1) is 5.92 Å². The van der Waals surface area contributed by atoms with Crippen molar-refractivity contribution in [1.82, 2.24) is 4.90 Å². The van der Waals surface area contributed by atoms with E-state index in [2.05, 4.69) is 17.9 Å². The Hall–Kier alpha value is -1.39. The summed E-state index contributed by atoms with van der Waals surface area (Å²) >= 11 is 0. The van der Waals surface area contributed by atoms with Crippen molar-refractivity contribution in [2.75, 3.05) is 24.5 Å². The molecule has 4 nitrogen and oxygen atoms in total. The molecule has 4 rings (SSSR count). The number of β-amino-alcohol motifs (C(OH)–C–C–N with tert-alkyl or cyclic N) is 1. The number of nitrogens with zero attached hydrogens (tertiary/aromatic N) is 2. The maximum absolute atomic E-state index is 12.5. The van der Waals surface area contributed by atoms with Crippen LogP contribution in [0.15, 0.2) is 18.2 Å². The van der Waals surface area contributed by atoms with Gasteiger partial charge in [-0.2, -0.15) is 0 Å². The molecule has 1 aromatic rings. The van der Waals surface area contributed by atoms with Gasteiger partial charge in [-0.25, -0.2) is 0 Å². The standard InChI is InChI=1S/C19H26N2O2/c1-13-10-16-11-15(18(22)12-20-8-2-3-9-20)6-7-17(16)21(13)19(23)14-4-5-14/h6-7,11,13-14,18,22H,2-5,8-10,12H2,1H3. The number of likely N-dealkylation sites (tertiary alicyclic amines) is 1. The highest BCUT2D eigenvalue weighted by Crippen LogP contribution is 2.39. The minimum Gasteiger partial charge on any atom is -0.387 e. The number of fused-ring (bicyclic) bond motifs is 1. The fraction of sp³-hybridized carbons (Fsp3) is 0.632. The lowest BCUT2D eigenvalue weighted by Crippen LogP contribution is -2.36. The molecular weight excluding hydrogens is 288 g/mol. The Labute approximate surface area is 138 Å². The first-order valence-corrected chi connectivity index (χ1v) is 9.00. The maximum atomic E-state index is 12.5. The Balaban J connectivity index is 1.52. The quantitative estimate of drug-likeness (QED) is 0.928. The molecule has 1 N–H and O–H groups in total. The fourth-order valence-corrected chi connectivity index (χ4v) is 4.04. The highest BCUT2D eigenvalue weighted by atomic mass is 16.3. The maximum Gasteiger partial charge on any atom is 0.230 e. The Kier molecular flexibility index (Phi) is 3.90. The SMILES string of the molecule is CC1Cc2cc(C(O)CN3CCCC3)ccc2N1C(=O)C1CC1. The predicted molar refractivity (Wildman–Crippen MR) is 90.5 cm³/mol. The smallest absolute Gasteiger partial charge is 0.230 e. The second kappa shape index (κ2) is 5.91. The fourth-order valence-electron chi connectivity index (χ4n) is 4.04. The van der Waals surface area contributed by atoms with Crippen LogP contribution in [0.3, 0.4) is 0 Å². The van der Waals surface area contributed by atoms with Gasteiger partial charge in [0.1, 0.15) is 0 Å². The number of anilines is 1. The Bertz CT molecular complexity index is 605. The van der Waals surface area contributed by atoms with Crippen LogP contribution in [0.5, 0.6) is 0 Å². The molecule has 23 heavy (non-hydrogen) atoms. The van der Waals surface area contributed by atoms with E-state index < -0.39 is 6.10 Å². The van der Waals surface area contributed by atoms with Crippen LogP contribution >= 0.6 is 0 Å². The Morgan fingerprint density at radius 3 is 2.74 bits per heavy atom. The topological polar surface area (TPSA) is 43.8 Å². The van der Waals surface area contributed by atoms with Gasteiger partial charge in [-0.3, -0.25) is 4.79 Å². The molecule has 1 saturated heterocycles. The average Bonchev–Trinajstić information content (AvgIpc) is 3.17. The summed E-state index contributed by atoms with van der Waals surface area (Å²) in [6, 6.07) is 6.41. The lowest BCUT2D eigenvalue weighted by molar-refractivity contribution is -0.120. The van der Waals surface area contributed by atoms with Crippen LogP contribution in [0.2, 0.25) is 0 Å². The van der Waals surface area contributed by atoms with E-state index in [1.807, 2.05) is 17.0 Å². The van der Waals surface area contributed by atoms with Crippen LogP contribution in [-0.4, -0.2) is 41.6 Å². The van der Waals surface area contributed by atoms with Gasteiger partial charge in [-0.15, -0.1) is 0 Å². The largest absolute Gasteiger partial charge is 0.387 e. The lowest BCUT2D eigenvalue weighted by Gasteiger charge is -2.23. The van der Waals surface area contributed by atoms with E-state index >= 15 is 0 Å². The zero-order valence-corrected chi connectivity index (χ0v) is 13.9. The van der Waals surface area contributed by atoms with Crippen LogP contribution in [-0.2, 0) is 11.2 Å².